The molecule has 110 valence electrons. The molecule has 1 aromatic carbocycles. The summed E-state index contributed by atoms with van der Waals surface area (Å²) in [5, 5.41) is 3.57. The predicted octanol–water partition coefficient (Wildman–Crippen LogP) is 2.06. The summed E-state index contributed by atoms with van der Waals surface area (Å²) < 4.78 is 19.1. The molecule has 2 aliphatic heterocycles. The van der Waals surface area contributed by atoms with Crippen LogP contribution in [0.15, 0.2) is 18.2 Å². The van der Waals surface area contributed by atoms with E-state index in [-0.39, 0.29) is 11.9 Å². The number of nitrogens with zero attached hydrogens (tertiary/aromatic N) is 1. The van der Waals surface area contributed by atoms with E-state index in [0.29, 0.717) is 12.0 Å². The summed E-state index contributed by atoms with van der Waals surface area (Å²) >= 11 is 0. The number of ether oxygens (including phenoxy) is 1. The average Bonchev–Trinajstić information content (AvgIpc) is 2.80. The van der Waals surface area contributed by atoms with Gasteiger partial charge in [-0.15, -0.1) is 0 Å². The van der Waals surface area contributed by atoms with E-state index in [0.717, 1.165) is 43.9 Å². The maximum atomic E-state index is 13.2. The van der Waals surface area contributed by atoms with Crippen LogP contribution in [0.4, 0.5) is 4.39 Å². The van der Waals surface area contributed by atoms with Gasteiger partial charge in [0.2, 0.25) is 0 Å². The minimum atomic E-state index is -0.171. The first kappa shape index (κ1) is 13.8. The molecule has 0 radical (unpaired) electrons. The molecule has 2 atom stereocenters. The Morgan fingerprint density at radius 2 is 2.30 bits per heavy atom. The van der Waals surface area contributed by atoms with Gasteiger partial charge in [-0.1, -0.05) is 13.8 Å². The highest BCUT2D eigenvalue weighted by Crippen LogP contribution is 2.29. The topological polar surface area (TPSA) is 24.5 Å². The normalized spacial score (nSPS) is 26.6. The van der Waals surface area contributed by atoms with Gasteiger partial charge in [0.05, 0.1) is 0 Å². The monoisotopic (exact) mass is 278 g/mol. The molecule has 3 rings (SSSR count). The van der Waals surface area contributed by atoms with Crippen molar-refractivity contribution in [1.82, 2.24) is 10.2 Å². The lowest BCUT2D eigenvalue weighted by molar-refractivity contribution is 0.113. The molecule has 2 aliphatic rings. The molecule has 0 aliphatic carbocycles. The summed E-state index contributed by atoms with van der Waals surface area (Å²) in [5.41, 5.74) is 1.01. The summed E-state index contributed by atoms with van der Waals surface area (Å²) in [6, 6.07) is 5.38. The summed E-state index contributed by atoms with van der Waals surface area (Å²) in [5.74, 6) is 1.33. The zero-order chi connectivity index (χ0) is 14.1. The Morgan fingerprint density at radius 1 is 1.45 bits per heavy atom. The third kappa shape index (κ3) is 2.96. The van der Waals surface area contributed by atoms with Crippen LogP contribution in [0, 0.1) is 11.7 Å². The fourth-order valence-electron chi connectivity index (χ4n) is 3.13. The number of rotatable bonds is 3. The van der Waals surface area contributed by atoms with Crippen molar-refractivity contribution in [1.29, 1.82) is 0 Å². The third-order valence-corrected chi connectivity index (χ3v) is 4.32. The Balaban J connectivity index is 1.57. The van der Waals surface area contributed by atoms with E-state index in [2.05, 4.69) is 24.1 Å². The van der Waals surface area contributed by atoms with Gasteiger partial charge in [-0.3, -0.25) is 4.90 Å². The van der Waals surface area contributed by atoms with E-state index in [4.69, 9.17) is 4.74 Å². The fraction of sp³-hybridized carbons (Fsp3) is 0.625. The molecule has 1 N–H and O–H groups in total. The third-order valence-electron chi connectivity index (χ3n) is 4.32. The fourth-order valence-corrected chi connectivity index (χ4v) is 3.13. The Hall–Kier alpha value is -1.13. The first-order valence-electron chi connectivity index (χ1n) is 7.52. The van der Waals surface area contributed by atoms with Crippen molar-refractivity contribution in [2.24, 2.45) is 5.92 Å². The molecule has 0 spiro atoms. The van der Waals surface area contributed by atoms with Crippen molar-refractivity contribution in [2.45, 2.75) is 32.4 Å². The van der Waals surface area contributed by atoms with Gasteiger partial charge in [-0.05, 0) is 24.1 Å². The lowest BCUT2D eigenvalue weighted by Crippen LogP contribution is -2.54. The van der Waals surface area contributed by atoms with Gasteiger partial charge in [0.1, 0.15) is 17.7 Å². The van der Waals surface area contributed by atoms with Crippen LogP contribution in [0.3, 0.4) is 0 Å². The molecule has 1 aromatic rings. The van der Waals surface area contributed by atoms with E-state index >= 15 is 0 Å². The smallest absolute Gasteiger partial charge is 0.123 e. The van der Waals surface area contributed by atoms with Crippen molar-refractivity contribution in [3.63, 3.8) is 0 Å². The van der Waals surface area contributed by atoms with Gasteiger partial charge in [0.15, 0.2) is 0 Å². The minimum absolute atomic E-state index is 0.165. The minimum Gasteiger partial charge on any atom is -0.488 e. The van der Waals surface area contributed by atoms with Crippen LogP contribution in [-0.2, 0) is 6.42 Å². The molecule has 0 saturated carbocycles. The lowest BCUT2D eigenvalue weighted by Gasteiger charge is -2.36. The van der Waals surface area contributed by atoms with Gasteiger partial charge in [0, 0.05) is 44.2 Å². The summed E-state index contributed by atoms with van der Waals surface area (Å²) in [4.78, 5) is 2.47. The highest BCUT2D eigenvalue weighted by Gasteiger charge is 2.28. The Morgan fingerprint density at radius 3 is 3.10 bits per heavy atom. The van der Waals surface area contributed by atoms with Crippen molar-refractivity contribution >= 4 is 0 Å². The van der Waals surface area contributed by atoms with Gasteiger partial charge >= 0.3 is 0 Å². The number of hydrogen-bond donors (Lipinski definition) is 1. The molecule has 2 unspecified atom stereocenters. The van der Waals surface area contributed by atoms with Crippen LogP contribution in [0.5, 0.6) is 5.75 Å². The summed E-state index contributed by atoms with van der Waals surface area (Å²) in [7, 11) is 0. The Kier molecular flexibility index (Phi) is 3.94. The van der Waals surface area contributed by atoms with Crippen molar-refractivity contribution in [2.75, 3.05) is 26.2 Å². The second-order valence-corrected chi connectivity index (χ2v) is 6.26. The van der Waals surface area contributed by atoms with Crippen LogP contribution in [0.1, 0.15) is 19.4 Å². The van der Waals surface area contributed by atoms with E-state index in [1.165, 1.54) is 6.07 Å². The maximum absolute atomic E-state index is 13.2. The second kappa shape index (κ2) is 5.70. The van der Waals surface area contributed by atoms with Crippen LogP contribution >= 0.6 is 0 Å². The first-order valence-corrected chi connectivity index (χ1v) is 7.52. The molecule has 3 nitrogen and oxygen atoms in total. The zero-order valence-corrected chi connectivity index (χ0v) is 12.2. The van der Waals surface area contributed by atoms with Crippen LogP contribution < -0.4 is 10.1 Å². The van der Waals surface area contributed by atoms with Crippen LogP contribution in [0.25, 0.3) is 0 Å². The highest BCUT2D eigenvalue weighted by atomic mass is 19.1. The van der Waals surface area contributed by atoms with E-state index in [1.54, 1.807) is 12.1 Å². The zero-order valence-electron chi connectivity index (χ0n) is 12.2. The average molecular weight is 278 g/mol. The van der Waals surface area contributed by atoms with Gasteiger partial charge in [0.25, 0.3) is 0 Å². The van der Waals surface area contributed by atoms with E-state index in [1.807, 2.05) is 0 Å². The van der Waals surface area contributed by atoms with E-state index < -0.39 is 0 Å². The molecule has 2 heterocycles. The molecular formula is C16H23FN2O. The number of piperazine rings is 1. The first-order chi connectivity index (χ1) is 9.61. The van der Waals surface area contributed by atoms with Crippen molar-refractivity contribution in [3.8, 4) is 5.75 Å². The highest BCUT2D eigenvalue weighted by molar-refractivity contribution is 5.37. The lowest BCUT2D eigenvalue weighted by atomic mass is 10.0. The van der Waals surface area contributed by atoms with Crippen LogP contribution in [0.2, 0.25) is 0 Å². The Labute approximate surface area is 120 Å². The maximum Gasteiger partial charge on any atom is 0.123 e. The quantitative estimate of drug-likeness (QED) is 0.916. The molecule has 20 heavy (non-hydrogen) atoms. The molecule has 1 fully saturated rings. The number of benzene rings is 1. The number of hydrogen-bond acceptors (Lipinski definition) is 3. The van der Waals surface area contributed by atoms with Crippen molar-refractivity contribution in [3.05, 3.63) is 29.6 Å². The molecule has 4 heteroatoms. The molecule has 0 aromatic heterocycles. The number of nitrogens with one attached hydrogen (secondary N) is 1. The number of fused-ring (bicyclic) bond motifs is 1. The predicted molar refractivity (Wildman–Crippen MR) is 77.6 cm³/mol. The van der Waals surface area contributed by atoms with Gasteiger partial charge in [-0.2, -0.15) is 0 Å². The van der Waals surface area contributed by atoms with Crippen LogP contribution in [-0.4, -0.2) is 43.2 Å². The summed E-state index contributed by atoms with van der Waals surface area (Å²) in [6.07, 6.45) is 0.987. The SMILES string of the molecule is CC(C)C1CN(CC2Cc3cc(F)ccc3O2)CCN1. The molecule has 1 saturated heterocycles. The molecule has 0 amide bonds. The largest absolute Gasteiger partial charge is 0.488 e. The standard InChI is InChI=1S/C16H23FN2O/c1-11(2)15-10-19(6-5-18-15)9-14-8-12-7-13(17)3-4-16(12)20-14/h3-4,7,11,14-15,18H,5-6,8-10H2,1-2H3. The van der Waals surface area contributed by atoms with Gasteiger partial charge in [-0.25, -0.2) is 4.39 Å². The summed E-state index contributed by atoms with van der Waals surface area (Å²) in [6.45, 7) is 8.62. The number of halogens is 1. The van der Waals surface area contributed by atoms with E-state index in [9.17, 15) is 4.39 Å². The molecular weight excluding hydrogens is 255 g/mol. The second-order valence-electron chi connectivity index (χ2n) is 6.26. The van der Waals surface area contributed by atoms with Gasteiger partial charge < -0.3 is 10.1 Å². The molecule has 0 bridgehead atoms. The van der Waals surface area contributed by atoms with Crippen molar-refractivity contribution < 1.29 is 9.13 Å². The Bertz CT molecular complexity index is 478.